The number of halogens is 1. The van der Waals surface area contributed by atoms with Crippen molar-refractivity contribution in [3.05, 3.63) is 34.8 Å². The van der Waals surface area contributed by atoms with Crippen LogP contribution in [0.2, 0.25) is 5.15 Å². The number of aryl methyl sites for hydroxylation is 1. The van der Waals surface area contributed by atoms with Crippen molar-refractivity contribution >= 4 is 17.4 Å². The van der Waals surface area contributed by atoms with Crippen molar-refractivity contribution in [1.82, 2.24) is 19.5 Å². The molecular formula is C15H22ClN5. The molecule has 0 spiro atoms. The lowest BCUT2D eigenvalue weighted by Gasteiger charge is -2.19. The van der Waals surface area contributed by atoms with Crippen molar-refractivity contribution in [2.75, 3.05) is 11.9 Å². The summed E-state index contributed by atoms with van der Waals surface area (Å²) in [6, 6.07) is 0. The molecular weight excluding hydrogens is 286 g/mol. The first kappa shape index (κ1) is 15.8. The molecule has 2 aromatic rings. The topological polar surface area (TPSA) is 55.6 Å². The molecule has 0 saturated heterocycles. The first-order valence-electron chi connectivity index (χ1n) is 7.03. The lowest BCUT2D eigenvalue weighted by molar-refractivity contribution is 0.545. The molecule has 0 aliphatic carbocycles. The van der Waals surface area contributed by atoms with E-state index in [0.717, 1.165) is 36.0 Å². The monoisotopic (exact) mass is 307 g/mol. The molecule has 0 aliphatic rings. The van der Waals surface area contributed by atoms with E-state index < -0.39 is 0 Å². The summed E-state index contributed by atoms with van der Waals surface area (Å²) in [5.74, 6) is 2.59. The Morgan fingerprint density at radius 2 is 2.00 bits per heavy atom. The predicted molar refractivity (Wildman–Crippen MR) is 85.9 cm³/mol. The van der Waals surface area contributed by atoms with E-state index in [4.69, 9.17) is 11.6 Å². The third-order valence-corrected chi connectivity index (χ3v) is 3.69. The van der Waals surface area contributed by atoms with Crippen molar-refractivity contribution in [2.24, 2.45) is 7.05 Å². The van der Waals surface area contributed by atoms with Crippen LogP contribution < -0.4 is 5.32 Å². The molecule has 0 aliphatic heterocycles. The van der Waals surface area contributed by atoms with Gasteiger partial charge in [-0.3, -0.25) is 0 Å². The van der Waals surface area contributed by atoms with E-state index in [1.165, 1.54) is 0 Å². The Balaban J connectivity index is 2.12. The number of nitrogens with one attached hydrogen (secondary N) is 1. The maximum Gasteiger partial charge on any atom is 0.137 e. The molecule has 0 unspecified atom stereocenters. The maximum absolute atomic E-state index is 6.22. The van der Waals surface area contributed by atoms with Crippen LogP contribution in [0.25, 0.3) is 0 Å². The molecule has 2 aromatic heterocycles. The number of hydrogen-bond acceptors (Lipinski definition) is 4. The molecule has 0 atom stereocenters. The van der Waals surface area contributed by atoms with Gasteiger partial charge < -0.3 is 9.88 Å². The number of imidazole rings is 1. The SMILES string of the molecule is Cc1c(Cl)nc(C(C)(C)C)nc1NCCc1nccn1C. The minimum Gasteiger partial charge on any atom is -0.369 e. The molecule has 0 fully saturated rings. The van der Waals surface area contributed by atoms with E-state index >= 15 is 0 Å². The van der Waals surface area contributed by atoms with Gasteiger partial charge in [-0.2, -0.15) is 0 Å². The molecule has 0 saturated carbocycles. The largest absolute Gasteiger partial charge is 0.369 e. The fourth-order valence-electron chi connectivity index (χ4n) is 1.93. The molecule has 6 heteroatoms. The van der Waals surface area contributed by atoms with Gasteiger partial charge in [0.05, 0.1) is 0 Å². The number of aromatic nitrogens is 4. The average Bonchev–Trinajstić information content (AvgIpc) is 2.79. The second-order valence-corrected chi connectivity index (χ2v) is 6.55. The van der Waals surface area contributed by atoms with Crippen LogP contribution in [-0.4, -0.2) is 26.1 Å². The Bertz CT molecular complexity index is 627. The van der Waals surface area contributed by atoms with E-state index in [9.17, 15) is 0 Å². The first-order valence-corrected chi connectivity index (χ1v) is 7.41. The molecule has 0 radical (unpaired) electrons. The van der Waals surface area contributed by atoms with Gasteiger partial charge in [0.15, 0.2) is 0 Å². The molecule has 114 valence electrons. The van der Waals surface area contributed by atoms with Crippen molar-refractivity contribution < 1.29 is 0 Å². The smallest absolute Gasteiger partial charge is 0.137 e. The van der Waals surface area contributed by atoms with Gasteiger partial charge in [0, 0.05) is 43.4 Å². The fourth-order valence-corrected chi connectivity index (χ4v) is 2.10. The zero-order valence-corrected chi connectivity index (χ0v) is 14.0. The van der Waals surface area contributed by atoms with Gasteiger partial charge in [-0.25, -0.2) is 15.0 Å². The molecule has 0 aromatic carbocycles. The highest BCUT2D eigenvalue weighted by Gasteiger charge is 2.20. The van der Waals surface area contributed by atoms with E-state index in [-0.39, 0.29) is 5.41 Å². The Kier molecular flexibility index (Phi) is 4.52. The van der Waals surface area contributed by atoms with Crippen LogP contribution in [0.4, 0.5) is 5.82 Å². The minimum absolute atomic E-state index is 0.132. The van der Waals surface area contributed by atoms with Crippen molar-refractivity contribution in [1.29, 1.82) is 0 Å². The summed E-state index contributed by atoms with van der Waals surface area (Å²) >= 11 is 6.22. The highest BCUT2D eigenvalue weighted by atomic mass is 35.5. The normalized spacial score (nSPS) is 11.7. The van der Waals surface area contributed by atoms with Crippen LogP contribution >= 0.6 is 11.6 Å². The number of hydrogen-bond donors (Lipinski definition) is 1. The highest BCUT2D eigenvalue weighted by molar-refractivity contribution is 6.30. The maximum atomic E-state index is 6.22. The summed E-state index contributed by atoms with van der Waals surface area (Å²) in [6.45, 7) is 8.91. The average molecular weight is 308 g/mol. The summed E-state index contributed by atoms with van der Waals surface area (Å²) in [6.07, 6.45) is 4.58. The molecule has 1 N–H and O–H groups in total. The number of nitrogens with zero attached hydrogens (tertiary/aromatic N) is 4. The zero-order chi connectivity index (χ0) is 15.6. The van der Waals surface area contributed by atoms with E-state index in [0.29, 0.717) is 5.15 Å². The van der Waals surface area contributed by atoms with E-state index in [1.54, 1.807) is 6.20 Å². The van der Waals surface area contributed by atoms with Crippen LogP contribution in [0.3, 0.4) is 0 Å². The van der Waals surface area contributed by atoms with Gasteiger partial charge in [0.2, 0.25) is 0 Å². The predicted octanol–water partition coefficient (Wildman–Crippen LogP) is 3.12. The standard InChI is InChI=1S/C15H22ClN5/c1-10-12(16)19-14(15(2,3)4)20-13(10)18-7-6-11-17-8-9-21(11)5/h8-9H,6-7H2,1-5H3,(H,18,19,20). The lowest BCUT2D eigenvalue weighted by Crippen LogP contribution is -2.19. The fraction of sp³-hybridized carbons (Fsp3) is 0.533. The van der Waals surface area contributed by atoms with Crippen LogP contribution in [-0.2, 0) is 18.9 Å². The Morgan fingerprint density at radius 3 is 2.57 bits per heavy atom. The second kappa shape index (κ2) is 6.02. The van der Waals surface area contributed by atoms with Crippen molar-refractivity contribution in [3.8, 4) is 0 Å². The summed E-state index contributed by atoms with van der Waals surface area (Å²) in [4.78, 5) is 13.3. The zero-order valence-electron chi connectivity index (χ0n) is 13.2. The van der Waals surface area contributed by atoms with Gasteiger partial charge in [-0.1, -0.05) is 32.4 Å². The quantitative estimate of drug-likeness (QED) is 0.882. The van der Waals surface area contributed by atoms with Crippen LogP contribution in [0.1, 0.15) is 38.0 Å². The Hall–Kier alpha value is -1.62. The molecule has 0 bridgehead atoms. The van der Waals surface area contributed by atoms with E-state index in [2.05, 4.69) is 41.0 Å². The van der Waals surface area contributed by atoms with Crippen molar-refractivity contribution in [3.63, 3.8) is 0 Å². The third kappa shape index (κ3) is 3.73. The van der Waals surface area contributed by atoms with Crippen molar-refractivity contribution in [2.45, 2.75) is 39.5 Å². The van der Waals surface area contributed by atoms with Gasteiger partial charge in [0.25, 0.3) is 0 Å². The van der Waals surface area contributed by atoms with Crippen LogP contribution in [0.5, 0.6) is 0 Å². The molecule has 2 rings (SSSR count). The second-order valence-electron chi connectivity index (χ2n) is 6.19. The summed E-state index contributed by atoms with van der Waals surface area (Å²) in [7, 11) is 1.99. The molecule has 0 amide bonds. The molecule has 21 heavy (non-hydrogen) atoms. The van der Waals surface area contributed by atoms with Crippen LogP contribution in [0.15, 0.2) is 12.4 Å². The first-order chi connectivity index (χ1) is 9.79. The van der Waals surface area contributed by atoms with Gasteiger partial charge in [-0.05, 0) is 6.92 Å². The van der Waals surface area contributed by atoms with Gasteiger partial charge >= 0.3 is 0 Å². The van der Waals surface area contributed by atoms with Gasteiger partial charge in [0.1, 0.15) is 22.6 Å². The summed E-state index contributed by atoms with van der Waals surface area (Å²) < 4.78 is 2.02. The van der Waals surface area contributed by atoms with Crippen LogP contribution in [0, 0.1) is 6.92 Å². The highest BCUT2D eigenvalue weighted by Crippen LogP contribution is 2.25. The molecule has 2 heterocycles. The van der Waals surface area contributed by atoms with E-state index in [1.807, 2.05) is 24.7 Å². The Labute approximate surface area is 130 Å². The minimum atomic E-state index is -0.132. The molecule has 5 nitrogen and oxygen atoms in total. The van der Waals surface area contributed by atoms with Gasteiger partial charge in [-0.15, -0.1) is 0 Å². The summed E-state index contributed by atoms with van der Waals surface area (Å²) in [5.41, 5.74) is 0.748. The lowest BCUT2D eigenvalue weighted by atomic mass is 9.95. The Morgan fingerprint density at radius 1 is 1.29 bits per heavy atom. The summed E-state index contributed by atoms with van der Waals surface area (Å²) in [5, 5.41) is 3.85. The third-order valence-electron chi connectivity index (χ3n) is 3.32. The number of anilines is 1. The number of rotatable bonds is 4.